The topological polar surface area (TPSA) is 64.7 Å². The maximum atomic E-state index is 13.3. The van der Waals surface area contributed by atoms with Gasteiger partial charge in [0.05, 0.1) is 5.56 Å². The van der Waals surface area contributed by atoms with Gasteiger partial charge in [-0.1, -0.05) is 19.1 Å². The molecule has 2 N–H and O–H groups in total. The van der Waals surface area contributed by atoms with Crippen LogP contribution < -0.4 is 10.6 Å². The number of benzene rings is 1. The predicted octanol–water partition coefficient (Wildman–Crippen LogP) is 2.53. The SMILES string of the molecule is CCCN1CCN(C(=O)C2CC3CCC2C[C@@]32NC(=O)c3ccccc3N2)CC1. The lowest BCUT2D eigenvalue weighted by molar-refractivity contribution is -0.144. The summed E-state index contributed by atoms with van der Waals surface area (Å²) in [7, 11) is 0. The van der Waals surface area contributed by atoms with Crippen LogP contribution in [0.15, 0.2) is 24.3 Å². The van der Waals surface area contributed by atoms with Gasteiger partial charge in [0.15, 0.2) is 0 Å². The van der Waals surface area contributed by atoms with Crippen molar-refractivity contribution in [2.45, 2.75) is 44.7 Å². The van der Waals surface area contributed by atoms with Crippen LogP contribution in [0, 0.1) is 17.8 Å². The monoisotopic (exact) mass is 396 g/mol. The molecule has 1 aromatic rings. The molecule has 6 heteroatoms. The fraction of sp³-hybridized carbons (Fsp3) is 0.652. The zero-order chi connectivity index (χ0) is 20.0. The van der Waals surface area contributed by atoms with E-state index in [1.54, 1.807) is 0 Å². The number of nitrogens with one attached hydrogen (secondary N) is 2. The average molecular weight is 397 g/mol. The minimum absolute atomic E-state index is 0.0156. The molecule has 1 spiro atoms. The Labute approximate surface area is 173 Å². The molecule has 5 aliphatic rings. The highest BCUT2D eigenvalue weighted by atomic mass is 16.2. The van der Waals surface area contributed by atoms with Crippen molar-refractivity contribution in [3.05, 3.63) is 29.8 Å². The smallest absolute Gasteiger partial charge is 0.255 e. The van der Waals surface area contributed by atoms with E-state index >= 15 is 0 Å². The highest BCUT2D eigenvalue weighted by Gasteiger charge is 2.55. The molecule has 156 valence electrons. The number of carbonyl (C=O) groups excluding carboxylic acids is 2. The van der Waals surface area contributed by atoms with Crippen molar-refractivity contribution >= 4 is 17.5 Å². The lowest BCUT2D eigenvalue weighted by Gasteiger charge is -2.57. The van der Waals surface area contributed by atoms with Crippen LogP contribution in [0.4, 0.5) is 5.69 Å². The molecule has 1 saturated heterocycles. The van der Waals surface area contributed by atoms with E-state index in [1.165, 1.54) is 6.42 Å². The second-order valence-electron chi connectivity index (χ2n) is 9.34. The van der Waals surface area contributed by atoms with Crippen molar-refractivity contribution in [3.63, 3.8) is 0 Å². The average Bonchev–Trinajstić information content (AvgIpc) is 2.74. The van der Waals surface area contributed by atoms with Gasteiger partial charge < -0.3 is 15.5 Å². The molecule has 0 radical (unpaired) electrons. The minimum Gasteiger partial charge on any atom is -0.362 e. The zero-order valence-corrected chi connectivity index (χ0v) is 17.3. The summed E-state index contributed by atoms with van der Waals surface area (Å²) in [5, 5.41) is 6.97. The molecule has 2 heterocycles. The maximum Gasteiger partial charge on any atom is 0.255 e. The molecule has 3 unspecified atom stereocenters. The van der Waals surface area contributed by atoms with Crippen LogP contribution in [0.25, 0.3) is 0 Å². The van der Waals surface area contributed by atoms with E-state index in [-0.39, 0.29) is 17.5 Å². The summed E-state index contributed by atoms with van der Waals surface area (Å²) in [6.45, 7) is 7.06. The summed E-state index contributed by atoms with van der Waals surface area (Å²) >= 11 is 0. The first-order valence-corrected chi connectivity index (χ1v) is 11.3. The van der Waals surface area contributed by atoms with Crippen molar-refractivity contribution in [3.8, 4) is 0 Å². The molecule has 4 atom stereocenters. The highest BCUT2D eigenvalue weighted by Crippen LogP contribution is 2.52. The molecule has 4 fully saturated rings. The Bertz CT molecular complexity index is 804. The molecule has 6 nitrogen and oxygen atoms in total. The molecule has 2 bridgehead atoms. The summed E-state index contributed by atoms with van der Waals surface area (Å²) in [6.07, 6.45) is 5.08. The Morgan fingerprint density at radius 2 is 1.93 bits per heavy atom. The van der Waals surface area contributed by atoms with E-state index in [1.807, 2.05) is 24.3 Å². The van der Waals surface area contributed by atoms with Gasteiger partial charge in [-0.25, -0.2) is 0 Å². The number of para-hydroxylation sites is 1. The number of nitrogens with zero attached hydrogens (tertiary/aromatic N) is 2. The molecule has 6 rings (SSSR count). The first-order chi connectivity index (χ1) is 14.1. The van der Waals surface area contributed by atoms with Gasteiger partial charge in [-0.3, -0.25) is 14.5 Å². The van der Waals surface area contributed by atoms with Crippen molar-refractivity contribution in [2.24, 2.45) is 17.8 Å². The van der Waals surface area contributed by atoms with E-state index in [9.17, 15) is 9.59 Å². The van der Waals surface area contributed by atoms with Crippen molar-refractivity contribution < 1.29 is 9.59 Å². The number of fused-ring (bicyclic) bond motifs is 3. The molecule has 0 aromatic heterocycles. The number of hydrogen-bond acceptors (Lipinski definition) is 4. The molecule has 3 aliphatic carbocycles. The van der Waals surface area contributed by atoms with Gasteiger partial charge in [0.1, 0.15) is 5.66 Å². The van der Waals surface area contributed by atoms with E-state index in [0.717, 1.165) is 69.7 Å². The number of rotatable bonds is 3. The summed E-state index contributed by atoms with van der Waals surface area (Å²) in [5.74, 6) is 1.14. The second kappa shape index (κ2) is 7.31. The van der Waals surface area contributed by atoms with Crippen LogP contribution >= 0.6 is 0 Å². The lowest BCUT2D eigenvalue weighted by Crippen LogP contribution is -2.68. The van der Waals surface area contributed by atoms with Crippen LogP contribution in [0.5, 0.6) is 0 Å². The summed E-state index contributed by atoms with van der Waals surface area (Å²) in [4.78, 5) is 30.7. The second-order valence-corrected chi connectivity index (χ2v) is 9.34. The molecule has 2 amide bonds. The summed E-state index contributed by atoms with van der Waals surface area (Å²) in [5.41, 5.74) is 1.26. The predicted molar refractivity (Wildman–Crippen MR) is 113 cm³/mol. The maximum absolute atomic E-state index is 13.3. The Balaban J connectivity index is 1.29. The van der Waals surface area contributed by atoms with E-state index < -0.39 is 0 Å². The van der Waals surface area contributed by atoms with Gasteiger partial charge in [0.25, 0.3) is 5.91 Å². The number of anilines is 1. The quantitative estimate of drug-likeness (QED) is 0.824. The fourth-order valence-corrected chi connectivity index (χ4v) is 6.19. The van der Waals surface area contributed by atoms with Crippen molar-refractivity contribution in [1.82, 2.24) is 15.1 Å². The molecule has 1 aromatic carbocycles. The van der Waals surface area contributed by atoms with Gasteiger partial charge >= 0.3 is 0 Å². The van der Waals surface area contributed by atoms with Crippen LogP contribution in [-0.2, 0) is 4.79 Å². The van der Waals surface area contributed by atoms with Crippen molar-refractivity contribution in [2.75, 3.05) is 38.0 Å². The van der Waals surface area contributed by atoms with E-state index in [0.29, 0.717) is 17.7 Å². The first kappa shape index (κ1) is 18.9. The van der Waals surface area contributed by atoms with Gasteiger partial charge in [-0.15, -0.1) is 0 Å². The molecular formula is C23H32N4O2. The lowest BCUT2D eigenvalue weighted by atomic mass is 9.58. The third-order valence-electron chi connectivity index (χ3n) is 7.68. The third-order valence-corrected chi connectivity index (χ3v) is 7.68. The Kier molecular flexibility index (Phi) is 4.77. The van der Waals surface area contributed by atoms with Crippen molar-refractivity contribution in [1.29, 1.82) is 0 Å². The number of carbonyl (C=O) groups is 2. The van der Waals surface area contributed by atoms with Crippen LogP contribution in [0.1, 0.15) is 49.4 Å². The van der Waals surface area contributed by atoms with Gasteiger partial charge in [0.2, 0.25) is 5.91 Å². The third kappa shape index (κ3) is 3.21. The number of hydrogen-bond donors (Lipinski definition) is 2. The minimum atomic E-state index is -0.384. The van der Waals surface area contributed by atoms with E-state index in [2.05, 4.69) is 27.4 Å². The van der Waals surface area contributed by atoms with Crippen LogP contribution in [0.3, 0.4) is 0 Å². The van der Waals surface area contributed by atoms with Gasteiger partial charge in [-0.05, 0) is 56.7 Å². The largest absolute Gasteiger partial charge is 0.362 e. The Morgan fingerprint density at radius 3 is 2.66 bits per heavy atom. The van der Waals surface area contributed by atoms with Gasteiger partial charge in [-0.2, -0.15) is 0 Å². The first-order valence-electron chi connectivity index (χ1n) is 11.3. The van der Waals surface area contributed by atoms with Crippen LogP contribution in [-0.4, -0.2) is 60.0 Å². The normalized spacial score (nSPS) is 33.9. The fourth-order valence-electron chi connectivity index (χ4n) is 6.19. The van der Waals surface area contributed by atoms with Gasteiger partial charge in [0, 0.05) is 43.7 Å². The standard InChI is InChI=1S/C23H32N4O2/c1-2-9-26-10-12-27(13-11-26)22(29)19-14-17-8-7-16(19)15-23(17)24-20-6-4-3-5-18(20)21(28)25-23/h3-6,16-17,19,24H,2,7-15H2,1H3,(H,25,28)/t16?,17?,19?,23-/m1/s1. The molecular weight excluding hydrogens is 364 g/mol. The number of piperazine rings is 1. The summed E-state index contributed by atoms with van der Waals surface area (Å²) < 4.78 is 0. The Hall–Kier alpha value is -2.08. The zero-order valence-electron chi connectivity index (χ0n) is 17.3. The highest BCUT2D eigenvalue weighted by molar-refractivity contribution is 6.02. The molecule has 3 saturated carbocycles. The molecule has 29 heavy (non-hydrogen) atoms. The van der Waals surface area contributed by atoms with Crippen LogP contribution in [0.2, 0.25) is 0 Å². The van der Waals surface area contributed by atoms with E-state index in [4.69, 9.17) is 0 Å². The Morgan fingerprint density at radius 1 is 1.14 bits per heavy atom. The molecule has 2 aliphatic heterocycles. The number of amides is 2. The summed E-state index contributed by atoms with van der Waals surface area (Å²) in [6, 6.07) is 7.75.